The highest BCUT2D eigenvalue weighted by atomic mass is 32.2. The highest BCUT2D eigenvalue weighted by Crippen LogP contribution is 2.25. The van der Waals surface area contributed by atoms with Gasteiger partial charge in [-0.2, -0.15) is 0 Å². The van der Waals surface area contributed by atoms with Gasteiger partial charge in [-0.25, -0.2) is 4.39 Å². The van der Waals surface area contributed by atoms with E-state index in [0.29, 0.717) is 17.1 Å². The van der Waals surface area contributed by atoms with Crippen LogP contribution in [0, 0.1) is 12.7 Å². The van der Waals surface area contributed by atoms with Crippen molar-refractivity contribution in [3.8, 4) is 5.75 Å². The number of anilines is 1. The first-order valence-corrected chi connectivity index (χ1v) is 10.0. The minimum atomic E-state index is -0.438. The predicted octanol–water partition coefficient (Wildman–Crippen LogP) is 3.09. The molecule has 0 aliphatic heterocycles. The van der Waals surface area contributed by atoms with Gasteiger partial charge in [-0.05, 0) is 25.1 Å². The van der Waals surface area contributed by atoms with Gasteiger partial charge in [0.25, 0.3) is 0 Å². The molecule has 146 valence electrons. The number of thioether (sulfide) groups is 1. The summed E-state index contributed by atoms with van der Waals surface area (Å²) in [6.45, 7) is 1.81. The molecule has 10 heteroatoms. The number of amides is 1. The zero-order valence-corrected chi connectivity index (χ0v) is 16.8. The molecule has 0 radical (unpaired) electrons. The quantitative estimate of drug-likeness (QED) is 0.591. The van der Waals surface area contributed by atoms with Gasteiger partial charge in [0, 0.05) is 23.2 Å². The third kappa shape index (κ3) is 5.17. The molecule has 3 rings (SSSR count). The summed E-state index contributed by atoms with van der Waals surface area (Å²) in [6.07, 6.45) is 1.49. The molecule has 2 heterocycles. The Morgan fingerprint density at radius 2 is 2.18 bits per heavy atom. The molecule has 0 spiro atoms. The van der Waals surface area contributed by atoms with Gasteiger partial charge in [0.15, 0.2) is 10.1 Å². The van der Waals surface area contributed by atoms with E-state index in [0.717, 1.165) is 9.35 Å². The first-order chi connectivity index (χ1) is 13.4. The summed E-state index contributed by atoms with van der Waals surface area (Å²) >= 11 is 2.88. The zero-order chi connectivity index (χ0) is 20.1. The number of aryl methyl sites for hydroxylation is 1. The van der Waals surface area contributed by atoms with Crippen LogP contribution in [0.4, 0.5) is 10.1 Å². The topological polar surface area (TPSA) is 86.1 Å². The first kappa shape index (κ1) is 20.0. The van der Waals surface area contributed by atoms with Gasteiger partial charge in [-0.1, -0.05) is 29.2 Å². The summed E-state index contributed by atoms with van der Waals surface area (Å²) in [6, 6.07) is 7.08. The van der Waals surface area contributed by atoms with Crippen LogP contribution >= 0.6 is 23.1 Å². The molecule has 3 aromatic rings. The molecule has 2 aromatic heterocycles. The van der Waals surface area contributed by atoms with Gasteiger partial charge in [-0.15, -0.1) is 10.2 Å². The lowest BCUT2D eigenvalue weighted by atomic mass is 10.3. The van der Waals surface area contributed by atoms with Crippen molar-refractivity contribution in [1.82, 2.24) is 14.8 Å². The van der Waals surface area contributed by atoms with Crippen LogP contribution in [0.5, 0.6) is 5.75 Å². The molecule has 0 saturated carbocycles. The maximum Gasteiger partial charge on any atom is 0.244 e. The van der Waals surface area contributed by atoms with Gasteiger partial charge in [-0.3, -0.25) is 9.59 Å². The smallest absolute Gasteiger partial charge is 0.244 e. The van der Waals surface area contributed by atoms with Gasteiger partial charge < -0.3 is 14.6 Å². The molecule has 0 atom stereocenters. The minimum absolute atomic E-state index is 0.0573. The van der Waals surface area contributed by atoms with Crippen LogP contribution in [0.1, 0.15) is 10.7 Å². The number of benzene rings is 1. The molecule has 7 nitrogen and oxygen atoms in total. The molecular weight excluding hydrogens is 403 g/mol. The van der Waals surface area contributed by atoms with E-state index in [1.54, 1.807) is 10.6 Å². The van der Waals surface area contributed by atoms with E-state index in [-0.39, 0.29) is 23.6 Å². The lowest BCUT2D eigenvalue weighted by Crippen LogP contribution is -2.22. The highest BCUT2D eigenvalue weighted by molar-refractivity contribution is 8.00. The number of nitrogens with one attached hydrogen (secondary N) is 1. The Morgan fingerprint density at radius 1 is 1.36 bits per heavy atom. The van der Waals surface area contributed by atoms with Gasteiger partial charge in [0.05, 0.1) is 13.3 Å². The molecule has 0 saturated heterocycles. The summed E-state index contributed by atoms with van der Waals surface area (Å²) in [5.41, 5.74) is 0.727. The number of halogens is 1. The van der Waals surface area contributed by atoms with Crippen molar-refractivity contribution in [2.75, 3.05) is 12.4 Å². The molecule has 0 aliphatic carbocycles. The molecule has 1 amide bonds. The second kappa shape index (κ2) is 8.98. The molecule has 1 N–H and O–H groups in total. The van der Waals surface area contributed by atoms with Gasteiger partial charge >= 0.3 is 0 Å². The first-order valence-electron chi connectivity index (χ1n) is 8.20. The van der Waals surface area contributed by atoms with Crippen LogP contribution < -0.4 is 15.5 Å². The van der Waals surface area contributed by atoms with Gasteiger partial charge in [0.1, 0.15) is 17.4 Å². The van der Waals surface area contributed by atoms with Crippen molar-refractivity contribution in [2.24, 2.45) is 0 Å². The van der Waals surface area contributed by atoms with Crippen LogP contribution in [-0.2, 0) is 17.1 Å². The fraction of sp³-hybridized carbons (Fsp3) is 0.222. The van der Waals surface area contributed by atoms with Crippen molar-refractivity contribution >= 4 is 34.7 Å². The van der Waals surface area contributed by atoms with Crippen LogP contribution in [0.25, 0.3) is 0 Å². The number of carbonyl (C=O) groups is 1. The van der Waals surface area contributed by atoms with E-state index in [1.165, 1.54) is 60.7 Å². The number of methoxy groups -OCH3 is 1. The summed E-state index contributed by atoms with van der Waals surface area (Å²) < 4.78 is 20.8. The molecule has 28 heavy (non-hydrogen) atoms. The van der Waals surface area contributed by atoms with E-state index in [9.17, 15) is 14.0 Å². The molecule has 0 fully saturated rings. The van der Waals surface area contributed by atoms with Crippen molar-refractivity contribution in [1.29, 1.82) is 0 Å². The van der Waals surface area contributed by atoms with Crippen LogP contribution in [0.15, 0.2) is 45.7 Å². The summed E-state index contributed by atoms with van der Waals surface area (Å²) in [7, 11) is 1.40. The molecular formula is C18H17FN4O3S2. The zero-order valence-electron chi connectivity index (χ0n) is 15.1. The van der Waals surface area contributed by atoms with E-state index in [2.05, 4.69) is 15.5 Å². The fourth-order valence-electron chi connectivity index (χ4n) is 2.41. The lowest BCUT2D eigenvalue weighted by Gasteiger charge is -2.14. The summed E-state index contributed by atoms with van der Waals surface area (Å²) in [5, 5.41) is 11.5. The predicted molar refractivity (Wildman–Crippen MR) is 106 cm³/mol. The number of ether oxygens (including phenoxy) is 1. The Bertz CT molecular complexity index is 1050. The second-order valence-corrected chi connectivity index (χ2v) is 8.16. The van der Waals surface area contributed by atoms with Gasteiger partial charge in [0.2, 0.25) is 11.3 Å². The third-order valence-corrected chi connectivity index (χ3v) is 5.68. The van der Waals surface area contributed by atoms with Crippen molar-refractivity contribution in [3.63, 3.8) is 0 Å². The van der Waals surface area contributed by atoms with Crippen LogP contribution in [0.2, 0.25) is 0 Å². The second-order valence-electron chi connectivity index (χ2n) is 5.76. The Balaban J connectivity index is 1.79. The normalized spacial score (nSPS) is 10.7. The Labute approximate surface area is 168 Å². The largest absolute Gasteiger partial charge is 0.491 e. The Morgan fingerprint density at radius 3 is 2.86 bits per heavy atom. The Hall–Kier alpha value is -2.72. The number of pyridine rings is 1. The number of rotatable bonds is 7. The van der Waals surface area contributed by atoms with Crippen LogP contribution in [-0.4, -0.2) is 27.8 Å². The van der Waals surface area contributed by atoms with Crippen LogP contribution in [0.3, 0.4) is 0 Å². The molecule has 0 unspecified atom stereocenters. The van der Waals surface area contributed by atoms with Crippen molar-refractivity contribution in [3.05, 3.63) is 63.3 Å². The number of hydrogen-bond donors (Lipinski definition) is 1. The van der Waals surface area contributed by atoms with E-state index >= 15 is 0 Å². The summed E-state index contributed by atoms with van der Waals surface area (Å²) in [5.74, 6) is -0.221. The molecule has 1 aromatic carbocycles. The summed E-state index contributed by atoms with van der Waals surface area (Å²) in [4.78, 5) is 24.5. The van der Waals surface area contributed by atoms with Crippen molar-refractivity contribution < 1.29 is 13.9 Å². The third-order valence-electron chi connectivity index (χ3n) is 3.68. The van der Waals surface area contributed by atoms with E-state index in [1.807, 2.05) is 6.92 Å². The molecule has 0 aliphatic rings. The number of nitrogens with zero attached hydrogens (tertiary/aromatic N) is 3. The standard InChI is InChI=1S/C18H17FN4O3S2/c1-11-21-22-18(28-11)27-10-14-7-15(24)16(26-2)8-23(14)9-17(25)20-13-5-3-4-12(19)6-13/h3-8H,9-10H2,1-2H3,(H,20,25). The average molecular weight is 420 g/mol. The number of aromatic nitrogens is 3. The average Bonchev–Trinajstić information content (AvgIpc) is 3.07. The minimum Gasteiger partial charge on any atom is -0.491 e. The number of hydrogen-bond acceptors (Lipinski definition) is 7. The molecule has 0 bridgehead atoms. The highest BCUT2D eigenvalue weighted by Gasteiger charge is 2.12. The lowest BCUT2D eigenvalue weighted by molar-refractivity contribution is -0.116. The van der Waals surface area contributed by atoms with E-state index < -0.39 is 5.82 Å². The fourth-order valence-corrected chi connectivity index (χ4v) is 4.22. The SMILES string of the molecule is COc1cn(CC(=O)Nc2cccc(F)c2)c(CSc2nnc(C)s2)cc1=O. The maximum absolute atomic E-state index is 13.3. The monoisotopic (exact) mass is 420 g/mol. The van der Waals surface area contributed by atoms with E-state index in [4.69, 9.17) is 4.74 Å². The Kier molecular flexibility index (Phi) is 6.42. The maximum atomic E-state index is 13.3. The number of carbonyl (C=O) groups excluding carboxylic acids is 1. The van der Waals surface area contributed by atoms with Crippen molar-refractivity contribution in [2.45, 2.75) is 23.6 Å².